The van der Waals surface area contributed by atoms with Gasteiger partial charge in [0, 0.05) is 35.5 Å². The van der Waals surface area contributed by atoms with Crippen molar-refractivity contribution in [3.63, 3.8) is 0 Å². The van der Waals surface area contributed by atoms with Gasteiger partial charge in [0.15, 0.2) is 0 Å². The summed E-state index contributed by atoms with van der Waals surface area (Å²) in [5.41, 5.74) is 3.87. The van der Waals surface area contributed by atoms with Gasteiger partial charge >= 0.3 is 0 Å². The van der Waals surface area contributed by atoms with Gasteiger partial charge < -0.3 is 5.11 Å². The summed E-state index contributed by atoms with van der Waals surface area (Å²) in [5, 5.41) is 14.9. The summed E-state index contributed by atoms with van der Waals surface area (Å²) in [7, 11) is 0. The number of amides is 1. The van der Waals surface area contributed by atoms with E-state index in [1.54, 1.807) is 24.5 Å². The van der Waals surface area contributed by atoms with Gasteiger partial charge in [0.2, 0.25) is 0 Å². The van der Waals surface area contributed by atoms with E-state index in [4.69, 9.17) is 0 Å². The van der Waals surface area contributed by atoms with Crippen LogP contribution in [0.25, 0.3) is 0 Å². The molecule has 4 aliphatic carbocycles. The van der Waals surface area contributed by atoms with E-state index in [9.17, 15) is 9.90 Å². The van der Waals surface area contributed by atoms with Crippen LogP contribution in [-0.2, 0) is 0 Å². The summed E-state index contributed by atoms with van der Waals surface area (Å²) in [6.07, 6.45) is 8.00. The molecule has 0 unspecified atom stereocenters. The molecule has 4 saturated carbocycles. The number of rotatable bonds is 2. The van der Waals surface area contributed by atoms with Gasteiger partial charge in [-0.25, -0.2) is 5.43 Å². The number of aromatic nitrogens is 1. The summed E-state index contributed by atoms with van der Waals surface area (Å²) >= 11 is 0. The number of hydrogen-bond acceptors (Lipinski definition) is 4. The number of carbonyl (C=O) groups excluding carboxylic acids is 1. The first-order valence-corrected chi connectivity index (χ1v) is 7.63. The highest BCUT2D eigenvalue weighted by Crippen LogP contribution is 2.54. The molecule has 0 saturated heterocycles. The molecule has 1 aromatic rings. The molecule has 0 aromatic carbocycles. The Morgan fingerprint density at radius 3 is 2.52 bits per heavy atom. The maximum Gasteiger partial charge on any atom is 0.271 e. The van der Waals surface area contributed by atoms with Gasteiger partial charge in [0.05, 0.1) is 5.60 Å². The maximum absolute atomic E-state index is 12.0. The average Bonchev–Trinajstić information content (AvgIpc) is 2.45. The van der Waals surface area contributed by atoms with Crippen molar-refractivity contribution < 1.29 is 9.90 Å². The highest BCUT2D eigenvalue weighted by Gasteiger charge is 2.53. The molecule has 5 heteroatoms. The van der Waals surface area contributed by atoms with E-state index in [0.717, 1.165) is 37.8 Å². The Morgan fingerprint density at radius 1 is 1.24 bits per heavy atom. The third kappa shape index (κ3) is 2.25. The Hall–Kier alpha value is -1.75. The zero-order chi connectivity index (χ0) is 14.4. The molecule has 5 rings (SSSR count). The van der Waals surface area contributed by atoms with Gasteiger partial charge in [-0.3, -0.25) is 9.78 Å². The molecule has 110 valence electrons. The molecule has 4 bridgehead atoms. The second-order valence-corrected chi connectivity index (χ2v) is 6.78. The van der Waals surface area contributed by atoms with Gasteiger partial charge in [0.25, 0.3) is 5.91 Å². The van der Waals surface area contributed by atoms with E-state index in [0.29, 0.717) is 23.3 Å². The highest BCUT2D eigenvalue weighted by molar-refractivity contribution is 5.96. The average molecular weight is 285 g/mol. The number of hydrazone groups is 1. The molecule has 1 aromatic heterocycles. The molecule has 1 amide bonds. The van der Waals surface area contributed by atoms with Crippen LogP contribution < -0.4 is 5.43 Å². The summed E-state index contributed by atoms with van der Waals surface area (Å²) in [6.45, 7) is 0. The molecule has 21 heavy (non-hydrogen) atoms. The second kappa shape index (κ2) is 4.63. The number of carbonyl (C=O) groups is 1. The van der Waals surface area contributed by atoms with Gasteiger partial charge in [-0.2, -0.15) is 5.10 Å². The van der Waals surface area contributed by atoms with Crippen molar-refractivity contribution >= 4 is 11.6 Å². The van der Waals surface area contributed by atoms with Gasteiger partial charge in [-0.15, -0.1) is 0 Å². The number of aliphatic hydroxyl groups is 1. The van der Waals surface area contributed by atoms with Crippen molar-refractivity contribution in [3.8, 4) is 0 Å². The van der Waals surface area contributed by atoms with Crippen molar-refractivity contribution in [1.29, 1.82) is 0 Å². The SMILES string of the molecule is O=C(NN=C1[C@H]2CC3C[C@H]1CC(O)(C3)C2)c1ccncc1. The standard InChI is InChI=1S/C16H19N3O2/c20-15(11-1-3-17-4-2-11)19-18-14-12-5-10-6-13(14)9-16(21,7-10)8-12/h1-4,10,12-13,21H,5-9H2,(H,19,20)/t10?,12-,13-,16?/m0/s1. The molecule has 4 fully saturated rings. The van der Waals surface area contributed by atoms with Crippen molar-refractivity contribution in [2.24, 2.45) is 22.9 Å². The summed E-state index contributed by atoms with van der Waals surface area (Å²) in [6, 6.07) is 3.35. The van der Waals surface area contributed by atoms with E-state index >= 15 is 0 Å². The maximum atomic E-state index is 12.0. The Kier molecular flexibility index (Phi) is 2.85. The summed E-state index contributed by atoms with van der Waals surface area (Å²) < 4.78 is 0. The van der Waals surface area contributed by atoms with Gasteiger partial charge in [-0.05, 0) is 50.2 Å². The third-order valence-corrected chi connectivity index (χ3v) is 5.22. The molecule has 4 aliphatic rings. The fourth-order valence-corrected chi connectivity index (χ4v) is 4.59. The van der Waals surface area contributed by atoms with Crippen molar-refractivity contribution in [1.82, 2.24) is 10.4 Å². The summed E-state index contributed by atoms with van der Waals surface area (Å²) in [5.74, 6) is 1.14. The van der Waals surface area contributed by atoms with Crippen LogP contribution in [0.2, 0.25) is 0 Å². The lowest BCUT2D eigenvalue weighted by Gasteiger charge is -2.54. The number of nitrogens with zero attached hydrogens (tertiary/aromatic N) is 2. The zero-order valence-electron chi connectivity index (χ0n) is 11.8. The lowest BCUT2D eigenvalue weighted by molar-refractivity contribution is -0.0825. The van der Waals surface area contributed by atoms with Crippen molar-refractivity contribution in [2.75, 3.05) is 0 Å². The van der Waals surface area contributed by atoms with Crippen LogP contribution in [0.1, 0.15) is 42.5 Å². The number of pyridine rings is 1. The van der Waals surface area contributed by atoms with E-state index in [1.165, 1.54) is 0 Å². The predicted molar refractivity (Wildman–Crippen MR) is 77.6 cm³/mol. The molecule has 1 heterocycles. The molecule has 2 N–H and O–H groups in total. The van der Waals surface area contributed by atoms with Gasteiger partial charge in [-0.1, -0.05) is 0 Å². The van der Waals surface area contributed by atoms with Crippen LogP contribution >= 0.6 is 0 Å². The second-order valence-electron chi connectivity index (χ2n) is 6.78. The van der Waals surface area contributed by atoms with Crippen LogP contribution in [0.5, 0.6) is 0 Å². The lowest BCUT2D eigenvalue weighted by atomic mass is 9.53. The third-order valence-electron chi connectivity index (χ3n) is 5.22. The smallest absolute Gasteiger partial charge is 0.271 e. The molecule has 5 nitrogen and oxygen atoms in total. The molecule has 0 spiro atoms. The quantitative estimate of drug-likeness (QED) is 0.813. The van der Waals surface area contributed by atoms with Crippen molar-refractivity contribution in [2.45, 2.75) is 37.7 Å². The van der Waals surface area contributed by atoms with Crippen LogP contribution in [-0.4, -0.2) is 27.3 Å². The number of nitrogens with one attached hydrogen (secondary N) is 1. The minimum absolute atomic E-state index is 0.197. The van der Waals surface area contributed by atoms with Crippen LogP contribution in [0, 0.1) is 17.8 Å². The number of hydrogen-bond donors (Lipinski definition) is 2. The first-order chi connectivity index (χ1) is 10.1. The Bertz CT molecular complexity index is 581. The molecule has 2 atom stereocenters. The topological polar surface area (TPSA) is 74.6 Å². The monoisotopic (exact) mass is 285 g/mol. The van der Waals surface area contributed by atoms with Crippen LogP contribution in [0.3, 0.4) is 0 Å². The first kappa shape index (κ1) is 13.0. The minimum atomic E-state index is -0.468. The van der Waals surface area contributed by atoms with Crippen molar-refractivity contribution in [3.05, 3.63) is 30.1 Å². The molecule has 0 aliphatic heterocycles. The molecular formula is C16H19N3O2. The zero-order valence-corrected chi connectivity index (χ0v) is 11.8. The largest absolute Gasteiger partial charge is 0.390 e. The Morgan fingerprint density at radius 2 is 1.90 bits per heavy atom. The fourth-order valence-electron chi connectivity index (χ4n) is 4.59. The van der Waals surface area contributed by atoms with E-state index in [-0.39, 0.29) is 5.91 Å². The molecular weight excluding hydrogens is 266 g/mol. The first-order valence-electron chi connectivity index (χ1n) is 7.63. The molecule has 0 radical (unpaired) electrons. The predicted octanol–water partition coefficient (Wildman–Crippen LogP) is 1.74. The Labute approximate surface area is 123 Å². The summed E-state index contributed by atoms with van der Waals surface area (Å²) in [4.78, 5) is 15.9. The normalized spacial score (nSPS) is 36.6. The van der Waals surface area contributed by atoms with E-state index < -0.39 is 5.60 Å². The van der Waals surface area contributed by atoms with Crippen LogP contribution in [0.15, 0.2) is 29.6 Å². The van der Waals surface area contributed by atoms with E-state index in [2.05, 4.69) is 15.5 Å². The highest BCUT2D eigenvalue weighted by atomic mass is 16.3. The fraction of sp³-hybridized carbons (Fsp3) is 0.562. The minimum Gasteiger partial charge on any atom is -0.390 e. The lowest BCUT2D eigenvalue weighted by Crippen LogP contribution is -2.55. The van der Waals surface area contributed by atoms with Gasteiger partial charge in [0.1, 0.15) is 0 Å². The van der Waals surface area contributed by atoms with E-state index in [1.807, 2.05) is 0 Å². The van der Waals surface area contributed by atoms with Crippen LogP contribution in [0.4, 0.5) is 0 Å². The Balaban J connectivity index is 1.51.